The molecule has 1 aromatic heterocycles. The zero-order chi connectivity index (χ0) is 13.2. The molecule has 0 amide bonds. The third-order valence-electron chi connectivity index (χ3n) is 3.73. The van der Waals surface area contributed by atoms with Gasteiger partial charge in [0.2, 0.25) is 10.0 Å². The van der Waals surface area contributed by atoms with Gasteiger partial charge in [-0.05, 0) is 18.8 Å². The first kappa shape index (κ1) is 13.5. The van der Waals surface area contributed by atoms with Gasteiger partial charge in [0.25, 0.3) is 0 Å². The molecule has 2 rings (SSSR count). The van der Waals surface area contributed by atoms with Crippen LogP contribution in [0, 0.1) is 5.92 Å². The molecule has 0 bridgehead atoms. The van der Waals surface area contributed by atoms with Crippen LogP contribution < -0.4 is 4.72 Å². The van der Waals surface area contributed by atoms with Crippen molar-refractivity contribution in [1.82, 2.24) is 14.5 Å². The molecule has 1 aromatic rings. The van der Waals surface area contributed by atoms with Gasteiger partial charge in [0.15, 0.2) is 0 Å². The second-order valence-corrected chi connectivity index (χ2v) is 6.74. The van der Waals surface area contributed by atoms with Crippen LogP contribution in [0.3, 0.4) is 0 Å². The predicted octanol–water partition coefficient (Wildman–Crippen LogP) is 1.67. The molecule has 0 radical (unpaired) electrons. The van der Waals surface area contributed by atoms with Crippen molar-refractivity contribution < 1.29 is 8.42 Å². The minimum Gasteiger partial charge on any atom is -0.274 e. The Labute approximate surface area is 109 Å². The maximum Gasteiger partial charge on any atom is 0.243 e. The van der Waals surface area contributed by atoms with Crippen molar-refractivity contribution in [2.45, 2.75) is 50.0 Å². The van der Waals surface area contributed by atoms with E-state index in [1.165, 1.54) is 23.5 Å². The first-order chi connectivity index (χ1) is 8.53. The fourth-order valence-electron chi connectivity index (χ4n) is 2.66. The van der Waals surface area contributed by atoms with Crippen molar-refractivity contribution in [3.8, 4) is 0 Å². The van der Waals surface area contributed by atoms with Crippen molar-refractivity contribution in [3.63, 3.8) is 0 Å². The molecular weight excluding hydrogens is 250 g/mol. The van der Waals surface area contributed by atoms with Crippen molar-refractivity contribution in [2.24, 2.45) is 13.0 Å². The van der Waals surface area contributed by atoms with Crippen molar-refractivity contribution in [1.29, 1.82) is 0 Å². The fourth-order valence-corrected chi connectivity index (χ4v) is 3.98. The Morgan fingerprint density at radius 2 is 2.17 bits per heavy atom. The molecule has 5 nitrogen and oxygen atoms in total. The molecule has 6 heteroatoms. The van der Waals surface area contributed by atoms with E-state index in [4.69, 9.17) is 0 Å². The van der Waals surface area contributed by atoms with Crippen LogP contribution in [0.2, 0.25) is 0 Å². The summed E-state index contributed by atoms with van der Waals surface area (Å²) in [6.07, 6.45) is 8.34. The van der Waals surface area contributed by atoms with Gasteiger partial charge in [-0.3, -0.25) is 4.68 Å². The third kappa shape index (κ3) is 2.92. The number of sulfonamides is 1. The number of rotatable bonds is 4. The first-order valence-corrected chi connectivity index (χ1v) is 8.02. The minimum atomic E-state index is -3.42. The van der Waals surface area contributed by atoms with Crippen molar-refractivity contribution in [2.75, 3.05) is 0 Å². The van der Waals surface area contributed by atoms with Gasteiger partial charge < -0.3 is 0 Å². The van der Waals surface area contributed by atoms with E-state index in [1.54, 1.807) is 7.05 Å². The number of hydrogen-bond donors (Lipinski definition) is 1. The molecule has 1 fully saturated rings. The lowest BCUT2D eigenvalue weighted by Gasteiger charge is -2.31. The summed E-state index contributed by atoms with van der Waals surface area (Å²) in [5.74, 6) is 0.463. The van der Waals surface area contributed by atoms with Gasteiger partial charge in [-0.2, -0.15) is 5.10 Å². The highest BCUT2D eigenvalue weighted by molar-refractivity contribution is 7.89. The Kier molecular flexibility index (Phi) is 4.07. The molecule has 18 heavy (non-hydrogen) atoms. The van der Waals surface area contributed by atoms with E-state index in [0.29, 0.717) is 5.92 Å². The Morgan fingerprint density at radius 3 is 2.78 bits per heavy atom. The second kappa shape index (κ2) is 5.40. The lowest BCUT2D eigenvalue weighted by molar-refractivity contribution is 0.282. The fraction of sp³-hybridized carbons (Fsp3) is 0.750. The molecule has 0 saturated heterocycles. The average molecular weight is 271 g/mol. The smallest absolute Gasteiger partial charge is 0.243 e. The highest BCUT2D eigenvalue weighted by Crippen LogP contribution is 2.27. The topological polar surface area (TPSA) is 64.0 Å². The highest BCUT2D eigenvalue weighted by atomic mass is 32.2. The molecular formula is C12H21N3O2S. The quantitative estimate of drug-likeness (QED) is 0.906. The zero-order valence-electron chi connectivity index (χ0n) is 11.0. The van der Waals surface area contributed by atoms with Crippen LogP contribution in [0.4, 0.5) is 0 Å². The molecule has 2 atom stereocenters. The van der Waals surface area contributed by atoms with Gasteiger partial charge in [0, 0.05) is 19.3 Å². The summed E-state index contributed by atoms with van der Waals surface area (Å²) in [5, 5.41) is 3.91. The Bertz CT molecular complexity index is 495. The predicted molar refractivity (Wildman–Crippen MR) is 69.6 cm³/mol. The molecule has 0 aromatic carbocycles. The Balaban J connectivity index is 2.12. The van der Waals surface area contributed by atoms with E-state index in [1.807, 2.05) is 0 Å². The number of nitrogens with zero attached hydrogens (tertiary/aromatic N) is 2. The lowest BCUT2D eigenvalue weighted by atomic mass is 9.83. The van der Waals surface area contributed by atoms with Crippen LogP contribution >= 0.6 is 0 Å². The normalized spacial score (nSPS) is 25.2. The van der Waals surface area contributed by atoms with Gasteiger partial charge in [-0.15, -0.1) is 0 Å². The number of aromatic nitrogens is 2. The van der Waals surface area contributed by atoms with E-state index < -0.39 is 10.0 Å². The largest absolute Gasteiger partial charge is 0.274 e. The van der Waals surface area contributed by atoms with Crippen molar-refractivity contribution in [3.05, 3.63) is 12.4 Å². The van der Waals surface area contributed by atoms with E-state index in [2.05, 4.69) is 16.7 Å². The summed E-state index contributed by atoms with van der Waals surface area (Å²) in [4.78, 5) is 0.255. The summed E-state index contributed by atoms with van der Waals surface area (Å²) in [6.45, 7) is 2.13. The molecule has 1 aliphatic carbocycles. The van der Waals surface area contributed by atoms with Crippen LogP contribution in [-0.4, -0.2) is 24.2 Å². The molecule has 1 aliphatic rings. The van der Waals surface area contributed by atoms with Crippen molar-refractivity contribution >= 4 is 10.0 Å². The maximum atomic E-state index is 12.2. The van der Waals surface area contributed by atoms with Gasteiger partial charge in [-0.1, -0.05) is 26.2 Å². The average Bonchev–Trinajstić information content (AvgIpc) is 2.77. The number of hydrogen-bond acceptors (Lipinski definition) is 3. The molecule has 1 saturated carbocycles. The number of nitrogens with one attached hydrogen (secondary N) is 1. The van der Waals surface area contributed by atoms with E-state index in [-0.39, 0.29) is 10.9 Å². The highest BCUT2D eigenvalue weighted by Gasteiger charge is 2.28. The van der Waals surface area contributed by atoms with Gasteiger partial charge in [-0.25, -0.2) is 13.1 Å². The molecule has 1 N–H and O–H groups in total. The van der Waals surface area contributed by atoms with Crippen LogP contribution in [0.1, 0.15) is 39.0 Å². The summed E-state index contributed by atoms with van der Waals surface area (Å²) >= 11 is 0. The first-order valence-electron chi connectivity index (χ1n) is 6.54. The SMILES string of the molecule is CC[C@@H]1CCCC[C@@H]1NS(=O)(=O)c1cnn(C)c1. The van der Waals surface area contributed by atoms with Crippen LogP contribution in [0.15, 0.2) is 17.3 Å². The molecule has 0 aliphatic heterocycles. The maximum absolute atomic E-state index is 12.2. The lowest BCUT2D eigenvalue weighted by Crippen LogP contribution is -2.41. The summed E-state index contributed by atoms with van der Waals surface area (Å²) < 4.78 is 28.8. The summed E-state index contributed by atoms with van der Waals surface area (Å²) in [5.41, 5.74) is 0. The van der Waals surface area contributed by atoms with E-state index in [9.17, 15) is 8.42 Å². The monoisotopic (exact) mass is 271 g/mol. The standard InChI is InChI=1S/C12H21N3O2S/c1-3-10-6-4-5-7-12(10)14-18(16,17)11-8-13-15(2)9-11/h8-10,12,14H,3-7H2,1-2H3/t10-,12+/m1/s1. The third-order valence-corrected chi connectivity index (χ3v) is 5.18. The molecule has 102 valence electrons. The molecule has 0 unspecified atom stereocenters. The zero-order valence-corrected chi connectivity index (χ0v) is 11.8. The van der Waals surface area contributed by atoms with Crippen LogP contribution in [0.25, 0.3) is 0 Å². The molecule has 0 spiro atoms. The van der Waals surface area contributed by atoms with Gasteiger partial charge >= 0.3 is 0 Å². The van der Waals surface area contributed by atoms with Crippen LogP contribution in [-0.2, 0) is 17.1 Å². The van der Waals surface area contributed by atoms with E-state index in [0.717, 1.165) is 25.7 Å². The Morgan fingerprint density at radius 1 is 1.44 bits per heavy atom. The second-order valence-electron chi connectivity index (χ2n) is 5.03. The van der Waals surface area contributed by atoms with Crippen LogP contribution in [0.5, 0.6) is 0 Å². The van der Waals surface area contributed by atoms with Gasteiger partial charge in [0.05, 0.1) is 6.20 Å². The van der Waals surface area contributed by atoms with E-state index >= 15 is 0 Å². The Hall–Kier alpha value is -0.880. The number of aryl methyl sites for hydroxylation is 1. The summed E-state index contributed by atoms with van der Waals surface area (Å²) in [7, 11) is -1.70. The summed E-state index contributed by atoms with van der Waals surface area (Å²) in [6, 6.07) is 0.0777. The molecule has 1 heterocycles. The minimum absolute atomic E-state index is 0.0777. The van der Waals surface area contributed by atoms with Gasteiger partial charge in [0.1, 0.15) is 4.90 Å².